The first kappa shape index (κ1) is 12.7. The molecule has 17 heavy (non-hydrogen) atoms. The van der Waals surface area contributed by atoms with Gasteiger partial charge in [0.2, 0.25) is 0 Å². The van der Waals surface area contributed by atoms with Crippen molar-refractivity contribution in [2.75, 3.05) is 6.54 Å². The van der Waals surface area contributed by atoms with Crippen LogP contribution in [0.25, 0.3) is 0 Å². The number of carbonyl (C=O) groups excluding carboxylic acids is 1. The van der Waals surface area contributed by atoms with E-state index in [4.69, 9.17) is 4.74 Å². The van der Waals surface area contributed by atoms with Crippen molar-refractivity contribution in [1.82, 2.24) is 10.6 Å². The number of alkyl carbamates (subject to hydrolysis) is 1. The van der Waals surface area contributed by atoms with Crippen LogP contribution in [0.5, 0.6) is 0 Å². The third kappa shape index (κ3) is 3.60. The molecular formula is C13H24N2O2. The molecule has 0 radical (unpaired) electrons. The zero-order valence-corrected chi connectivity index (χ0v) is 11.1. The van der Waals surface area contributed by atoms with Crippen LogP contribution < -0.4 is 10.6 Å². The summed E-state index contributed by atoms with van der Waals surface area (Å²) in [5.41, 5.74) is -0.409. The Hall–Kier alpha value is -0.770. The molecule has 4 nitrogen and oxygen atoms in total. The Balaban J connectivity index is 1.73. The Morgan fingerprint density at radius 2 is 2.00 bits per heavy atom. The first-order valence-electron chi connectivity index (χ1n) is 6.67. The fraction of sp³-hybridized carbons (Fsp3) is 0.923. The summed E-state index contributed by atoms with van der Waals surface area (Å²) >= 11 is 0. The van der Waals surface area contributed by atoms with E-state index >= 15 is 0 Å². The normalized spacial score (nSPS) is 32.3. The standard InChI is InChI=1S/C13H24N2O2/c1-13(2,3)17-12(16)14-8-9-4-5-10-6-7-11(9)15-10/h9-11,15H,4-8H2,1-3H3,(H,14,16). The van der Waals surface area contributed by atoms with Gasteiger partial charge in [0, 0.05) is 18.6 Å². The Bertz CT molecular complexity index is 286. The molecule has 2 aliphatic heterocycles. The van der Waals surface area contributed by atoms with Gasteiger partial charge < -0.3 is 15.4 Å². The lowest BCUT2D eigenvalue weighted by atomic mass is 9.92. The molecule has 2 rings (SSSR count). The molecule has 1 amide bonds. The van der Waals surface area contributed by atoms with E-state index in [0.717, 1.165) is 12.6 Å². The number of hydrogen-bond acceptors (Lipinski definition) is 3. The summed E-state index contributed by atoms with van der Waals surface area (Å²) in [7, 11) is 0. The summed E-state index contributed by atoms with van der Waals surface area (Å²) in [6.07, 6.45) is 4.73. The van der Waals surface area contributed by atoms with Crippen molar-refractivity contribution in [3.63, 3.8) is 0 Å². The van der Waals surface area contributed by atoms with Gasteiger partial charge >= 0.3 is 6.09 Å². The van der Waals surface area contributed by atoms with Gasteiger partial charge in [-0.1, -0.05) is 0 Å². The highest BCUT2D eigenvalue weighted by Crippen LogP contribution is 2.30. The van der Waals surface area contributed by atoms with Gasteiger partial charge in [0.05, 0.1) is 0 Å². The van der Waals surface area contributed by atoms with Crippen molar-refractivity contribution in [3.05, 3.63) is 0 Å². The lowest BCUT2D eigenvalue weighted by Gasteiger charge is -2.30. The Kier molecular flexibility index (Phi) is 3.61. The molecule has 0 aromatic rings. The average Bonchev–Trinajstić information content (AvgIpc) is 2.57. The van der Waals surface area contributed by atoms with E-state index in [-0.39, 0.29) is 6.09 Å². The zero-order valence-electron chi connectivity index (χ0n) is 11.1. The minimum Gasteiger partial charge on any atom is -0.444 e. The number of ether oxygens (including phenoxy) is 1. The minimum atomic E-state index is -0.409. The molecule has 2 aliphatic rings. The molecule has 0 saturated carbocycles. The molecule has 0 aliphatic carbocycles. The highest BCUT2D eigenvalue weighted by Gasteiger charge is 2.35. The topological polar surface area (TPSA) is 50.4 Å². The summed E-state index contributed by atoms with van der Waals surface area (Å²) in [4.78, 5) is 11.6. The first-order chi connectivity index (χ1) is 7.94. The average molecular weight is 240 g/mol. The van der Waals surface area contributed by atoms with Gasteiger partial charge in [-0.2, -0.15) is 0 Å². The monoisotopic (exact) mass is 240 g/mol. The van der Waals surface area contributed by atoms with E-state index in [9.17, 15) is 4.79 Å². The van der Waals surface area contributed by atoms with Crippen molar-refractivity contribution in [3.8, 4) is 0 Å². The number of carbonyl (C=O) groups is 1. The highest BCUT2D eigenvalue weighted by molar-refractivity contribution is 5.67. The van der Waals surface area contributed by atoms with Gasteiger partial charge in [-0.3, -0.25) is 0 Å². The summed E-state index contributed by atoms with van der Waals surface area (Å²) < 4.78 is 5.24. The SMILES string of the molecule is CC(C)(C)OC(=O)NCC1CCC2CCC1N2. The number of amides is 1. The molecule has 4 heteroatoms. The molecular weight excluding hydrogens is 216 g/mol. The van der Waals surface area contributed by atoms with E-state index in [1.165, 1.54) is 25.7 Å². The number of fused-ring (bicyclic) bond motifs is 2. The largest absolute Gasteiger partial charge is 0.444 e. The van der Waals surface area contributed by atoms with Crippen molar-refractivity contribution in [1.29, 1.82) is 0 Å². The van der Waals surface area contributed by atoms with Crippen molar-refractivity contribution in [2.45, 2.75) is 64.1 Å². The van der Waals surface area contributed by atoms with Crippen LogP contribution in [0.2, 0.25) is 0 Å². The molecule has 0 spiro atoms. The fourth-order valence-electron chi connectivity index (χ4n) is 2.84. The number of hydrogen-bond donors (Lipinski definition) is 2. The van der Waals surface area contributed by atoms with Gasteiger partial charge in [-0.05, 0) is 52.4 Å². The van der Waals surface area contributed by atoms with Crippen LogP contribution in [0.15, 0.2) is 0 Å². The molecule has 98 valence electrons. The maximum absolute atomic E-state index is 11.6. The molecule has 2 heterocycles. The van der Waals surface area contributed by atoms with E-state index in [1.807, 2.05) is 20.8 Å². The highest BCUT2D eigenvalue weighted by atomic mass is 16.6. The van der Waals surface area contributed by atoms with Crippen LogP contribution in [0.4, 0.5) is 4.79 Å². The molecule has 0 aromatic heterocycles. The molecule has 0 aromatic carbocycles. The second kappa shape index (κ2) is 4.84. The van der Waals surface area contributed by atoms with Gasteiger partial charge in [0.15, 0.2) is 0 Å². The number of nitrogens with one attached hydrogen (secondary N) is 2. The second-order valence-corrected chi connectivity index (χ2v) is 6.27. The Morgan fingerprint density at radius 3 is 2.71 bits per heavy atom. The van der Waals surface area contributed by atoms with Crippen LogP contribution >= 0.6 is 0 Å². The maximum atomic E-state index is 11.6. The van der Waals surface area contributed by atoms with Crippen molar-refractivity contribution >= 4 is 6.09 Å². The van der Waals surface area contributed by atoms with E-state index in [0.29, 0.717) is 12.0 Å². The summed E-state index contributed by atoms with van der Waals surface area (Å²) in [6, 6.07) is 1.33. The van der Waals surface area contributed by atoms with Crippen LogP contribution in [0.3, 0.4) is 0 Å². The molecule has 3 unspecified atom stereocenters. The quantitative estimate of drug-likeness (QED) is 0.776. The lowest BCUT2D eigenvalue weighted by Crippen LogP contribution is -2.45. The van der Waals surface area contributed by atoms with Gasteiger partial charge in [-0.25, -0.2) is 4.79 Å². The fourth-order valence-corrected chi connectivity index (χ4v) is 2.84. The van der Waals surface area contributed by atoms with Crippen LogP contribution in [0, 0.1) is 5.92 Å². The second-order valence-electron chi connectivity index (χ2n) is 6.27. The van der Waals surface area contributed by atoms with E-state index < -0.39 is 5.60 Å². The molecule has 3 atom stereocenters. The van der Waals surface area contributed by atoms with E-state index in [1.54, 1.807) is 0 Å². The van der Waals surface area contributed by atoms with Crippen molar-refractivity contribution in [2.24, 2.45) is 5.92 Å². The number of rotatable bonds is 2. The summed E-state index contributed by atoms with van der Waals surface area (Å²) in [5.74, 6) is 0.571. The van der Waals surface area contributed by atoms with Crippen molar-refractivity contribution < 1.29 is 9.53 Å². The minimum absolute atomic E-state index is 0.294. The predicted octanol–water partition coefficient (Wildman–Crippen LogP) is 2.04. The van der Waals surface area contributed by atoms with Crippen LogP contribution in [0.1, 0.15) is 46.5 Å². The van der Waals surface area contributed by atoms with Gasteiger partial charge in [-0.15, -0.1) is 0 Å². The predicted molar refractivity (Wildman–Crippen MR) is 66.9 cm³/mol. The summed E-state index contributed by atoms with van der Waals surface area (Å²) in [6.45, 7) is 6.39. The molecule has 2 saturated heterocycles. The van der Waals surface area contributed by atoms with Crippen LogP contribution in [-0.2, 0) is 4.74 Å². The van der Waals surface area contributed by atoms with E-state index in [2.05, 4.69) is 10.6 Å². The molecule has 2 N–H and O–H groups in total. The summed E-state index contributed by atoms with van der Waals surface area (Å²) in [5, 5.41) is 6.51. The van der Waals surface area contributed by atoms with Gasteiger partial charge in [0.1, 0.15) is 5.60 Å². The Morgan fingerprint density at radius 1 is 1.29 bits per heavy atom. The lowest BCUT2D eigenvalue weighted by molar-refractivity contribution is 0.0512. The smallest absolute Gasteiger partial charge is 0.407 e. The number of piperidine rings is 1. The van der Waals surface area contributed by atoms with Gasteiger partial charge in [0.25, 0.3) is 0 Å². The first-order valence-corrected chi connectivity index (χ1v) is 6.67. The third-order valence-electron chi connectivity index (χ3n) is 3.64. The van der Waals surface area contributed by atoms with Crippen LogP contribution in [-0.4, -0.2) is 30.3 Å². The molecule has 2 bridgehead atoms. The molecule has 2 fully saturated rings. The maximum Gasteiger partial charge on any atom is 0.407 e. The Labute approximate surface area is 103 Å². The zero-order chi connectivity index (χ0) is 12.5. The third-order valence-corrected chi connectivity index (χ3v) is 3.64.